The molecule has 0 radical (unpaired) electrons. The van der Waals surface area contributed by atoms with Gasteiger partial charge in [0, 0.05) is 0 Å². The van der Waals surface area contributed by atoms with Gasteiger partial charge < -0.3 is 38.5 Å². The van der Waals surface area contributed by atoms with E-state index in [-0.39, 0.29) is 38.6 Å². The highest BCUT2D eigenvalue weighted by Crippen LogP contribution is 2.12. The summed E-state index contributed by atoms with van der Waals surface area (Å²) < 4.78 is 18.8. The molecular formula is C21H48N2O6+2. The second-order valence-corrected chi connectivity index (χ2v) is 10.2. The van der Waals surface area contributed by atoms with E-state index in [0.717, 1.165) is 6.42 Å². The summed E-state index contributed by atoms with van der Waals surface area (Å²) in [7, 11) is 12.1. The Balaban J connectivity index is 4.59. The summed E-state index contributed by atoms with van der Waals surface area (Å²) in [6.45, 7) is 5.99. The maximum Gasteiger partial charge on any atom is 0.126 e. The Morgan fingerprint density at radius 1 is 0.690 bits per heavy atom. The molecule has 0 heterocycles. The third-order valence-corrected chi connectivity index (χ3v) is 4.19. The van der Waals surface area contributed by atoms with Crippen LogP contribution in [0.15, 0.2) is 0 Å². The van der Waals surface area contributed by atoms with Gasteiger partial charge in [-0.15, -0.1) is 0 Å². The second-order valence-electron chi connectivity index (χ2n) is 10.2. The number of likely N-dealkylation sites (N-methyl/N-ethyl adjacent to an activating group) is 2. The van der Waals surface area contributed by atoms with Crippen LogP contribution in [0, 0.1) is 0 Å². The summed E-state index contributed by atoms with van der Waals surface area (Å²) >= 11 is 0. The molecule has 0 amide bonds. The standard InChI is InChI=1S/C21H48N2O6/c1-9-20(10-17(2)24)29-21(15-27-13-18(25)11-22(3,4)5)16-28-14-19(26)12-23(6,7)8/h17-21,24-26H,9-16H2,1-8H3/q+2. The van der Waals surface area contributed by atoms with E-state index in [0.29, 0.717) is 28.5 Å². The van der Waals surface area contributed by atoms with Crippen molar-refractivity contribution in [3.63, 3.8) is 0 Å². The first-order valence-electron chi connectivity index (χ1n) is 10.7. The summed E-state index contributed by atoms with van der Waals surface area (Å²) in [6.07, 6.45) is -0.660. The predicted molar refractivity (Wildman–Crippen MR) is 115 cm³/mol. The molecule has 0 saturated carbocycles. The van der Waals surface area contributed by atoms with Crippen LogP contribution in [-0.4, -0.2) is 137 Å². The summed E-state index contributed by atoms with van der Waals surface area (Å²) in [4.78, 5) is 0. The lowest BCUT2D eigenvalue weighted by atomic mass is 10.1. The fourth-order valence-corrected chi connectivity index (χ4v) is 3.14. The van der Waals surface area contributed by atoms with Gasteiger partial charge in [0.1, 0.15) is 31.4 Å². The van der Waals surface area contributed by atoms with Gasteiger partial charge in [-0.2, -0.15) is 0 Å². The maximum atomic E-state index is 10.1. The molecule has 0 saturated heterocycles. The minimum absolute atomic E-state index is 0.0977. The molecule has 0 bridgehead atoms. The van der Waals surface area contributed by atoms with E-state index in [2.05, 4.69) is 0 Å². The molecular weight excluding hydrogens is 376 g/mol. The van der Waals surface area contributed by atoms with Gasteiger partial charge >= 0.3 is 0 Å². The number of aliphatic hydroxyl groups excluding tert-OH is 3. The van der Waals surface area contributed by atoms with E-state index in [1.54, 1.807) is 6.92 Å². The van der Waals surface area contributed by atoms with Gasteiger partial charge in [0.15, 0.2) is 0 Å². The van der Waals surface area contributed by atoms with Gasteiger partial charge in [-0.25, -0.2) is 0 Å². The molecule has 0 aromatic rings. The summed E-state index contributed by atoms with van der Waals surface area (Å²) in [6, 6.07) is 0. The van der Waals surface area contributed by atoms with Crippen molar-refractivity contribution >= 4 is 0 Å². The van der Waals surface area contributed by atoms with Gasteiger partial charge in [0.2, 0.25) is 0 Å². The number of quaternary nitrogens is 2. The number of aliphatic hydroxyl groups is 3. The van der Waals surface area contributed by atoms with Crippen LogP contribution in [0.25, 0.3) is 0 Å². The highest BCUT2D eigenvalue weighted by Gasteiger charge is 2.21. The van der Waals surface area contributed by atoms with Crippen LogP contribution in [0.3, 0.4) is 0 Å². The number of nitrogens with zero attached hydrogens (tertiary/aromatic N) is 2. The van der Waals surface area contributed by atoms with Crippen LogP contribution in [0.2, 0.25) is 0 Å². The number of ether oxygens (including phenoxy) is 3. The Bertz CT molecular complexity index is 381. The van der Waals surface area contributed by atoms with Crippen molar-refractivity contribution in [3.05, 3.63) is 0 Å². The summed E-state index contributed by atoms with van der Waals surface area (Å²) in [5.41, 5.74) is 0. The topological polar surface area (TPSA) is 88.4 Å². The van der Waals surface area contributed by atoms with E-state index >= 15 is 0 Å². The molecule has 0 rings (SSSR count). The van der Waals surface area contributed by atoms with Crippen LogP contribution in [-0.2, 0) is 14.2 Å². The van der Waals surface area contributed by atoms with Crippen molar-refractivity contribution in [1.29, 1.82) is 0 Å². The summed E-state index contributed by atoms with van der Waals surface area (Å²) in [5, 5.41) is 29.9. The molecule has 0 aromatic carbocycles. The third kappa shape index (κ3) is 18.2. The molecule has 29 heavy (non-hydrogen) atoms. The van der Waals surface area contributed by atoms with E-state index in [1.807, 2.05) is 49.2 Å². The SMILES string of the molecule is CCC(CC(C)O)OC(COCC(O)C[N+](C)(C)C)COCC(O)C[N+](C)(C)C. The van der Waals surface area contributed by atoms with Crippen molar-refractivity contribution in [3.8, 4) is 0 Å². The average molecular weight is 425 g/mol. The third-order valence-electron chi connectivity index (χ3n) is 4.19. The largest absolute Gasteiger partial charge is 0.393 e. The fraction of sp³-hybridized carbons (Fsp3) is 1.00. The predicted octanol–water partition coefficient (Wildman–Crippen LogP) is 0.0885. The van der Waals surface area contributed by atoms with Crippen molar-refractivity contribution in [2.45, 2.75) is 57.2 Å². The van der Waals surface area contributed by atoms with Gasteiger partial charge in [0.05, 0.1) is 80.9 Å². The normalized spacial score (nSPS) is 18.3. The molecule has 4 atom stereocenters. The highest BCUT2D eigenvalue weighted by atomic mass is 16.6. The Labute approximate surface area is 178 Å². The van der Waals surface area contributed by atoms with E-state index in [9.17, 15) is 15.3 Å². The van der Waals surface area contributed by atoms with Crippen LogP contribution in [0.4, 0.5) is 0 Å². The number of hydrogen-bond acceptors (Lipinski definition) is 6. The molecule has 4 unspecified atom stereocenters. The molecule has 8 nitrogen and oxygen atoms in total. The molecule has 0 fully saturated rings. The zero-order chi connectivity index (χ0) is 22.7. The number of hydrogen-bond donors (Lipinski definition) is 3. The fourth-order valence-electron chi connectivity index (χ4n) is 3.14. The van der Waals surface area contributed by atoms with Gasteiger partial charge in [-0.1, -0.05) is 6.92 Å². The Morgan fingerprint density at radius 2 is 1.10 bits per heavy atom. The van der Waals surface area contributed by atoms with Gasteiger partial charge in [-0.3, -0.25) is 0 Å². The first-order valence-corrected chi connectivity index (χ1v) is 10.7. The first kappa shape index (κ1) is 28.7. The van der Waals surface area contributed by atoms with Crippen LogP contribution in [0.5, 0.6) is 0 Å². The van der Waals surface area contributed by atoms with Crippen molar-refractivity contribution in [2.24, 2.45) is 0 Å². The Morgan fingerprint density at radius 3 is 1.41 bits per heavy atom. The van der Waals surface area contributed by atoms with Crippen LogP contribution >= 0.6 is 0 Å². The smallest absolute Gasteiger partial charge is 0.126 e. The van der Waals surface area contributed by atoms with Crippen LogP contribution < -0.4 is 0 Å². The minimum Gasteiger partial charge on any atom is -0.393 e. The molecule has 0 aliphatic carbocycles. The van der Waals surface area contributed by atoms with Crippen molar-refractivity contribution in [1.82, 2.24) is 0 Å². The summed E-state index contributed by atoms with van der Waals surface area (Å²) in [5.74, 6) is 0. The molecule has 3 N–H and O–H groups in total. The lowest BCUT2D eigenvalue weighted by Gasteiger charge is -2.29. The molecule has 0 aliphatic rings. The lowest BCUT2D eigenvalue weighted by molar-refractivity contribution is -0.873. The molecule has 8 heteroatoms. The van der Waals surface area contributed by atoms with E-state index in [1.165, 1.54) is 0 Å². The van der Waals surface area contributed by atoms with E-state index < -0.39 is 18.3 Å². The monoisotopic (exact) mass is 424 g/mol. The molecule has 0 aromatic heterocycles. The number of rotatable bonds is 17. The van der Waals surface area contributed by atoms with Gasteiger partial charge in [-0.05, 0) is 19.8 Å². The zero-order valence-electron chi connectivity index (χ0n) is 20.0. The lowest BCUT2D eigenvalue weighted by Crippen LogP contribution is -2.44. The van der Waals surface area contributed by atoms with Crippen molar-refractivity contribution in [2.75, 3.05) is 81.8 Å². The van der Waals surface area contributed by atoms with Crippen molar-refractivity contribution < 1.29 is 38.5 Å². The molecule has 176 valence electrons. The van der Waals surface area contributed by atoms with Gasteiger partial charge in [0.25, 0.3) is 0 Å². The van der Waals surface area contributed by atoms with Crippen LogP contribution in [0.1, 0.15) is 26.7 Å². The second kappa shape index (κ2) is 13.9. The zero-order valence-corrected chi connectivity index (χ0v) is 20.0. The highest BCUT2D eigenvalue weighted by molar-refractivity contribution is 4.66. The molecule has 0 aliphatic heterocycles. The quantitative estimate of drug-likeness (QED) is 0.287. The first-order chi connectivity index (χ1) is 13.2. The molecule has 0 spiro atoms. The Hall–Kier alpha value is -0.320. The average Bonchev–Trinajstić information content (AvgIpc) is 2.49. The van der Waals surface area contributed by atoms with E-state index in [4.69, 9.17) is 14.2 Å². The maximum absolute atomic E-state index is 10.1. The Kier molecular flexibility index (Phi) is 13.7. The minimum atomic E-state index is -0.553.